The monoisotopic (exact) mass is 360 g/mol. The first kappa shape index (κ1) is 18.7. The molecule has 1 amide bonds. The number of fused-ring (bicyclic) bond motifs is 1. The van der Waals surface area contributed by atoms with E-state index in [2.05, 4.69) is 24.2 Å². The smallest absolute Gasteiger partial charge is 0.248 e. The highest BCUT2D eigenvalue weighted by Gasteiger charge is 2.29. The van der Waals surface area contributed by atoms with E-state index in [9.17, 15) is 4.79 Å². The van der Waals surface area contributed by atoms with Crippen molar-refractivity contribution in [1.29, 1.82) is 0 Å². The van der Waals surface area contributed by atoms with Crippen LogP contribution in [0.3, 0.4) is 0 Å². The first-order valence-corrected chi connectivity index (χ1v) is 8.91. The van der Waals surface area contributed by atoms with Crippen LogP contribution >= 0.6 is 0 Å². The van der Waals surface area contributed by atoms with Crippen molar-refractivity contribution in [1.82, 2.24) is 9.88 Å². The number of benzene rings is 2. The van der Waals surface area contributed by atoms with E-state index in [0.29, 0.717) is 6.61 Å². The molecule has 1 heterocycles. The van der Waals surface area contributed by atoms with E-state index in [1.165, 1.54) is 6.08 Å². The number of aryl methyl sites for hydroxylation is 1. The fourth-order valence-electron chi connectivity index (χ4n) is 3.41. The van der Waals surface area contributed by atoms with Crippen LogP contribution in [0.4, 0.5) is 0 Å². The number of para-hydroxylation sites is 1. The number of hydrogen-bond donors (Lipinski definition) is 1. The molecular weight excluding hydrogens is 336 g/mol. The third-order valence-electron chi connectivity index (χ3n) is 4.57. The van der Waals surface area contributed by atoms with Gasteiger partial charge in [0, 0.05) is 22.2 Å². The number of H-pyrrole nitrogens is 1. The Labute approximate surface area is 159 Å². The Balaban J connectivity index is 2.18. The number of amides is 1. The Hall–Kier alpha value is -3.11. The minimum atomic E-state index is -0.294. The van der Waals surface area contributed by atoms with Gasteiger partial charge in [0.1, 0.15) is 6.73 Å². The molecule has 0 aliphatic heterocycles. The van der Waals surface area contributed by atoms with E-state index in [1.54, 1.807) is 11.0 Å². The second kappa shape index (κ2) is 8.52. The van der Waals surface area contributed by atoms with Crippen molar-refractivity contribution >= 4 is 16.8 Å². The van der Waals surface area contributed by atoms with Gasteiger partial charge in [-0.25, -0.2) is 0 Å². The molecule has 1 aromatic heterocycles. The summed E-state index contributed by atoms with van der Waals surface area (Å²) in [6.45, 7) is 9.91. The molecule has 0 spiro atoms. The second-order valence-corrected chi connectivity index (χ2v) is 6.32. The van der Waals surface area contributed by atoms with Crippen molar-refractivity contribution in [2.75, 3.05) is 13.3 Å². The Morgan fingerprint density at radius 3 is 2.56 bits per heavy atom. The van der Waals surface area contributed by atoms with Crippen LogP contribution in [0.1, 0.15) is 22.9 Å². The largest absolute Gasteiger partial charge is 0.358 e. The number of hydrogen-bond acceptors (Lipinski definition) is 2. The topological polar surface area (TPSA) is 45.3 Å². The molecule has 0 saturated carbocycles. The van der Waals surface area contributed by atoms with Crippen molar-refractivity contribution in [3.05, 3.63) is 96.7 Å². The van der Waals surface area contributed by atoms with Crippen molar-refractivity contribution in [3.8, 4) is 0 Å². The number of carbonyl (C=O) groups is 1. The van der Waals surface area contributed by atoms with E-state index in [4.69, 9.17) is 4.74 Å². The third kappa shape index (κ3) is 3.86. The van der Waals surface area contributed by atoms with Crippen LogP contribution in [0.5, 0.6) is 0 Å². The third-order valence-corrected chi connectivity index (χ3v) is 4.57. The predicted octanol–water partition coefficient (Wildman–Crippen LogP) is 4.74. The lowest BCUT2D eigenvalue weighted by atomic mass is 9.94. The summed E-state index contributed by atoms with van der Waals surface area (Å²) < 4.78 is 5.65. The molecule has 3 aromatic rings. The van der Waals surface area contributed by atoms with Crippen LogP contribution in [0, 0.1) is 6.92 Å². The van der Waals surface area contributed by atoms with E-state index in [1.807, 2.05) is 55.5 Å². The molecule has 1 N–H and O–H groups in total. The van der Waals surface area contributed by atoms with Gasteiger partial charge in [-0.2, -0.15) is 0 Å². The van der Waals surface area contributed by atoms with Gasteiger partial charge in [-0.15, -0.1) is 6.58 Å². The molecule has 4 nitrogen and oxygen atoms in total. The van der Waals surface area contributed by atoms with E-state index >= 15 is 0 Å². The molecule has 0 radical (unpaired) electrons. The zero-order valence-corrected chi connectivity index (χ0v) is 15.5. The molecule has 0 saturated heterocycles. The van der Waals surface area contributed by atoms with Gasteiger partial charge in [0.25, 0.3) is 0 Å². The van der Waals surface area contributed by atoms with Crippen molar-refractivity contribution in [3.63, 3.8) is 0 Å². The van der Waals surface area contributed by atoms with Crippen LogP contribution < -0.4 is 0 Å². The maximum atomic E-state index is 12.8. The Morgan fingerprint density at radius 1 is 1.15 bits per heavy atom. The Bertz CT molecular complexity index is 943. The summed E-state index contributed by atoms with van der Waals surface area (Å²) in [4.78, 5) is 17.9. The molecule has 2 aromatic carbocycles. The predicted molar refractivity (Wildman–Crippen MR) is 109 cm³/mol. The molecule has 138 valence electrons. The summed E-state index contributed by atoms with van der Waals surface area (Å²) in [7, 11) is 0. The molecule has 0 aliphatic carbocycles. The first-order chi connectivity index (χ1) is 13.2. The number of aromatic nitrogens is 1. The van der Waals surface area contributed by atoms with Crippen LogP contribution in [0.25, 0.3) is 10.9 Å². The van der Waals surface area contributed by atoms with Gasteiger partial charge in [0.15, 0.2) is 0 Å². The van der Waals surface area contributed by atoms with E-state index < -0.39 is 0 Å². The lowest BCUT2D eigenvalue weighted by Crippen LogP contribution is -2.36. The van der Waals surface area contributed by atoms with Gasteiger partial charge in [-0.05, 0) is 24.6 Å². The number of nitrogens with zero attached hydrogens (tertiary/aromatic N) is 1. The molecule has 4 heteroatoms. The average molecular weight is 360 g/mol. The maximum absolute atomic E-state index is 12.8. The standard InChI is InChI=1S/C23H24N2O2/c1-4-15-27-16-25(21(26)5-2)23(18-11-7-6-8-12-18)22-17(3)24-20-14-10-9-13-19(20)22/h4-14,23-24H,1-2,15-16H2,3H3. The molecule has 1 atom stereocenters. The van der Waals surface area contributed by atoms with Gasteiger partial charge < -0.3 is 14.6 Å². The summed E-state index contributed by atoms with van der Waals surface area (Å²) in [5.41, 5.74) is 4.15. The van der Waals surface area contributed by atoms with Gasteiger partial charge in [-0.1, -0.05) is 61.2 Å². The summed E-state index contributed by atoms with van der Waals surface area (Å²) in [6, 6.07) is 17.8. The van der Waals surface area contributed by atoms with Crippen LogP contribution in [0.15, 0.2) is 79.9 Å². The van der Waals surface area contributed by atoms with Crippen LogP contribution in [-0.2, 0) is 9.53 Å². The first-order valence-electron chi connectivity index (χ1n) is 8.91. The highest BCUT2D eigenvalue weighted by atomic mass is 16.5. The summed E-state index contributed by atoms with van der Waals surface area (Å²) in [5, 5.41) is 1.09. The Kier molecular flexibility index (Phi) is 5.89. The average Bonchev–Trinajstić information content (AvgIpc) is 3.03. The van der Waals surface area contributed by atoms with Crippen LogP contribution in [0.2, 0.25) is 0 Å². The molecule has 27 heavy (non-hydrogen) atoms. The maximum Gasteiger partial charge on any atom is 0.248 e. The SMILES string of the molecule is C=CCOCN(C(=O)C=C)C(c1ccccc1)c1c(C)[nH]c2ccccc12. The van der Waals surface area contributed by atoms with Crippen molar-refractivity contribution in [2.24, 2.45) is 0 Å². The molecule has 1 unspecified atom stereocenters. The number of carbonyl (C=O) groups excluding carboxylic acids is 1. The van der Waals surface area contributed by atoms with Crippen molar-refractivity contribution in [2.45, 2.75) is 13.0 Å². The quantitative estimate of drug-likeness (QED) is 0.273. The fourth-order valence-corrected chi connectivity index (χ4v) is 3.41. The zero-order chi connectivity index (χ0) is 19.2. The Morgan fingerprint density at radius 2 is 1.85 bits per heavy atom. The number of nitrogens with one attached hydrogen (secondary N) is 1. The summed E-state index contributed by atoms with van der Waals surface area (Å²) in [5.74, 6) is -0.183. The van der Waals surface area contributed by atoms with Crippen molar-refractivity contribution < 1.29 is 9.53 Å². The molecule has 0 bridgehead atoms. The van der Waals surface area contributed by atoms with Gasteiger partial charge in [-0.3, -0.25) is 4.79 Å². The molecule has 3 rings (SSSR count). The van der Waals surface area contributed by atoms with Gasteiger partial charge in [0.2, 0.25) is 5.91 Å². The molecular formula is C23H24N2O2. The van der Waals surface area contributed by atoms with E-state index in [-0.39, 0.29) is 18.7 Å². The van der Waals surface area contributed by atoms with Gasteiger partial charge >= 0.3 is 0 Å². The summed E-state index contributed by atoms with van der Waals surface area (Å²) >= 11 is 0. The zero-order valence-electron chi connectivity index (χ0n) is 15.5. The number of rotatable bonds is 8. The summed E-state index contributed by atoms with van der Waals surface area (Å²) in [6.07, 6.45) is 3.00. The van der Waals surface area contributed by atoms with Crippen LogP contribution in [-0.4, -0.2) is 29.1 Å². The highest BCUT2D eigenvalue weighted by Crippen LogP contribution is 2.36. The van der Waals surface area contributed by atoms with E-state index in [0.717, 1.165) is 27.7 Å². The highest BCUT2D eigenvalue weighted by molar-refractivity contribution is 5.90. The normalized spacial score (nSPS) is 11.9. The number of aromatic amines is 1. The lowest BCUT2D eigenvalue weighted by Gasteiger charge is -2.32. The fraction of sp³-hybridized carbons (Fsp3) is 0.174. The second-order valence-electron chi connectivity index (χ2n) is 6.32. The minimum absolute atomic E-state index is 0.148. The molecule has 0 fully saturated rings. The lowest BCUT2D eigenvalue weighted by molar-refractivity contribution is -0.133. The molecule has 0 aliphatic rings. The van der Waals surface area contributed by atoms with Gasteiger partial charge in [0.05, 0.1) is 12.6 Å². The minimum Gasteiger partial charge on any atom is -0.358 e. The number of ether oxygens (including phenoxy) is 1.